The molecule has 0 N–H and O–H groups in total. The third-order valence-electron chi connectivity index (χ3n) is 2.03. The van der Waals surface area contributed by atoms with E-state index in [-0.39, 0.29) is 17.8 Å². The third kappa shape index (κ3) is 1.16. The molecule has 0 aromatic carbocycles. The molecule has 0 aliphatic carbocycles. The number of ketones is 1. The van der Waals surface area contributed by atoms with Gasteiger partial charge in [0.2, 0.25) is 0 Å². The quantitative estimate of drug-likeness (QED) is 0.682. The molecule has 0 aromatic heterocycles. The number of carbonyl (C=O) groups is 1. The normalized spacial score (nSPS) is 10.6. The topological polar surface area (TPSA) is 60.4 Å². The lowest BCUT2D eigenvalue weighted by atomic mass is 10.1. The van der Waals surface area contributed by atoms with Gasteiger partial charge in [0, 0.05) is 12.0 Å². The van der Waals surface area contributed by atoms with Crippen molar-refractivity contribution in [2.24, 2.45) is 0 Å². The van der Waals surface area contributed by atoms with Crippen molar-refractivity contribution in [1.82, 2.24) is 0 Å². The van der Waals surface area contributed by atoms with E-state index in [9.17, 15) is 9.59 Å². The molecule has 4 nitrogen and oxygen atoms in total. The van der Waals surface area contributed by atoms with Gasteiger partial charge in [0.25, 0.3) is 0 Å². The van der Waals surface area contributed by atoms with Crippen LogP contribution in [0, 0.1) is 0 Å². The van der Waals surface area contributed by atoms with Crippen LogP contribution in [0.25, 0.3) is 11.3 Å². The van der Waals surface area contributed by atoms with Gasteiger partial charge in [-0.2, -0.15) is 0 Å². The van der Waals surface area contributed by atoms with Crippen LogP contribution in [0.15, 0.2) is 32.2 Å². The molecule has 0 fully saturated rings. The van der Waals surface area contributed by atoms with Crippen molar-refractivity contribution < 1.29 is 13.6 Å². The minimum absolute atomic E-state index is 0.123. The largest absolute Gasteiger partial charge is 0.469 e. The average molecular weight is 192 g/mol. The predicted octanol–water partition coefficient (Wildman–Crippen LogP) is 1.93. The molecule has 0 bridgehead atoms. The van der Waals surface area contributed by atoms with Crippen molar-refractivity contribution in [3.63, 3.8) is 0 Å². The van der Waals surface area contributed by atoms with Crippen LogP contribution in [0.3, 0.4) is 0 Å². The highest BCUT2D eigenvalue weighted by atomic mass is 16.4. The van der Waals surface area contributed by atoms with E-state index in [4.69, 9.17) is 8.83 Å². The molecule has 2 heterocycles. The van der Waals surface area contributed by atoms with E-state index < -0.39 is 5.63 Å². The molecule has 2 aliphatic heterocycles. The molecule has 14 heavy (non-hydrogen) atoms. The SMILES string of the molecule is CCC(=O)c1c2ccocc-2oc1=O. The monoisotopic (exact) mass is 192 g/mol. The van der Waals surface area contributed by atoms with E-state index in [0.717, 1.165) is 0 Å². The van der Waals surface area contributed by atoms with Crippen molar-refractivity contribution >= 4 is 5.78 Å². The Bertz CT molecular complexity index is 491. The zero-order chi connectivity index (χ0) is 10.1. The van der Waals surface area contributed by atoms with Gasteiger partial charge in [-0.3, -0.25) is 4.79 Å². The number of hydrogen-bond acceptors (Lipinski definition) is 4. The average Bonchev–Trinajstić information content (AvgIpc) is 2.53. The number of hydrogen-bond donors (Lipinski definition) is 0. The first-order valence-corrected chi connectivity index (χ1v) is 4.26. The zero-order valence-corrected chi connectivity index (χ0v) is 7.57. The highest BCUT2D eigenvalue weighted by Gasteiger charge is 2.22. The van der Waals surface area contributed by atoms with Crippen LogP contribution in [0.5, 0.6) is 0 Å². The molecule has 0 atom stereocenters. The molecule has 0 aromatic rings. The van der Waals surface area contributed by atoms with Gasteiger partial charge in [0.15, 0.2) is 11.5 Å². The first-order valence-electron chi connectivity index (χ1n) is 4.26. The van der Waals surface area contributed by atoms with E-state index in [1.807, 2.05) is 0 Å². The summed E-state index contributed by atoms with van der Waals surface area (Å²) in [4.78, 5) is 22.7. The number of Topliss-reactive ketones (excluding diaryl/α,β-unsaturated/α-hetero) is 1. The molecular formula is C10H8O4. The summed E-state index contributed by atoms with van der Waals surface area (Å²) in [6.07, 6.45) is 3.00. The Labute approximate surface area is 79.5 Å². The fourth-order valence-corrected chi connectivity index (χ4v) is 1.34. The maximum absolute atomic E-state index is 11.4. The van der Waals surface area contributed by atoms with Gasteiger partial charge < -0.3 is 8.83 Å². The zero-order valence-electron chi connectivity index (χ0n) is 7.57. The lowest BCUT2D eigenvalue weighted by Crippen LogP contribution is -2.08. The minimum Gasteiger partial charge on any atom is -0.469 e. The van der Waals surface area contributed by atoms with Crippen LogP contribution in [-0.4, -0.2) is 5.78 Å². The Hall–Kier alpha value is -1.84. The smallest absolute Gasteiger partial charge is 0.348 e. The fourth-order valence-electron chi connectivity index (χ4n) is 1.34. The summed E-state index contributed by atoms with van der Waals surface area (Å²) in [7, 11) is 0. The summed E-state index contributed by atoms with van der Waals surface area (Å²) in [6, 6.07) is 1.56. The van der Waals surface area contributed by atoms with Crippen LogP contribution < -0.4 is 5.63 Å². The van der Waals surface area contributed by atoms with Gasteiger partial charge in [-0.1, -0.05) is 6.92 Å². The molecule has 0 amide bonds. The Kier molecular flexibility index (Phi) is 1.96. The van der Waals surface area contributed by atoms with Crippen LogP contribution >= 0.6 is 0 Å². The van der Waals surface area contributed by atoms with Crippen LogP contribution in [0.1, 0.15) is 23.7 Å². The second kappa shape index (κ2) is 3.14. The van der Waals surface area contributed by atoms with Crippen molar-refractivity contribution in [1.29, 1.82) is 0 Å². The van der Waals surface area contributed by atoms with Crippen molar-refractivity contribution in [2.45, 2.75) is 13.3 Å². The van der Waals surface area contributed by atoms with Gasteiger partial charge in [-0.15, -0.1) is 0 Å². The standard InChI is InChI=1S/C10H8O4/c1-2-7(11)9-6-3-4-13-5-8(6)14-10(9)12/h3-5H,2H2,1H3. The first kappa shape index (κ1) is 8.74. The Morgan fingerprint density at radius 2 is 2.29 bits per heavy atom. The van der Waals surface area contributed by atoms with Gasteiger partial charge in [-0.05, 0) is 6.07 Å². The molecule has 0 radical (unpaired) electrons. The van der Waals surface area contributed by atoms with E-state index in [1.165, 1.54) is 12.5 Å². The molecule has 0 saturated carbocycles. The second-order valence-electron chi connectivity index (χ2n) is 2.88. The highest BCUT2D eigenvalue weighted by molar-refractivity contribution is 6.01. The Morgan fingerprint density at radius 3 is 3.00 bits per heavy atom. The van der Waals surface area contributed by atoms with E-state index in [0.29, 0.717) is 11.3 Å². The lowest BCUT2D eigenvalue weighted by Gasteiger charge is -1.95. The summed E-state index contributed by atoms with van der Waals surface area (Å²) in [6.45, 7) is 1.70. The van der Waals surface area contributed by atoms with Gasteiger partial charge in [0.1, 0.15) is 11.8 Å². The Morgan fingerprint density at radius 1 is 1.50 bits per heavy atom. The summed E-state index contributed by atoms with van der Waals surface area (Å²) in [5, 5.41) is 0. The summed E-state index contributed by atoms with van der Waals surface area (Å²) < 4.78 is 9.68. The van der Waals surface area contributed by atoms with Gasteiger partial charge in [-0.25, -0.2) is 4.79 Å². The Balaban J connectivity index is 2.72. The number of rotatable bonds is 2. The summed E-state index contributed by atoms with van der Waals surface area (Å²) in [5.74, 6) is 0.106. The van der Waals surface area contributed by atoms with E-state index in [1.54, 1.807) is 13.0 Å². The molecular weight excluding hydrogens is 184 g/mol. The predicted molar refractivity (Wildman–Crippen MR) is 48.5 cm³/mol. The van der Waals surface area contributed by atoms with E-state index in [2.05, 4.69) is 0 Å². The van der Waals surface area contributed by atoms with Crippen LogP contribution in [-0.2, 0) is 0 Å². The van der Waals surface area contributed by atoms with Crippen LogP contribution in [0.2, 0.25) is 0 Å². The molecule has 4 heteroatoms. The van der Waals surface area contributed by atoms with E-state index >= 15 is 0 Å². The number of furan rings is 1. The number of fused-ring (bicyclic) bond motifs is 1. The maximum atomic E-state index is 11.4. The summed E-state index contributed by atoms with van der Waals surface area (Å²) in [5.41, 5.74) is 0.0552. The highest BCUT2D eigenvalue weighted by Crippen LogP contribution is 2.24. The second-order valence-corrected chi connectivity index (χ2v) is 2.88. The summed E-state index contributed by atoms with van der Waals surface area (Å²) >= 11 is 0. The first-order chi connectivity index (χ1) is 6.74. The molecule has 0 unspecified atom stereocenters. The van der Waals surface area contributed by atoms with Crippen LogP contribution in [0.4, 0.5) is 0 Å². The lowest BCUT2D eigenvalue weighted by molar-refractivity contribution is 0.0987. The maximum Gasteiger partial charge on any atom is 0.348 e. The van der Waals surface area contributed by atoms with Gasteiger partial charge >= 0.3 is 5.63 Å². The fraction of sp³-hybridized carbons (Fsp3) is 0.200. The number of carbonyl (C=O) groups excluding carboxylic acids is 1. The molecule has 2 rings (SSSR count). The molecule has 0 saturated heterocycles. The van der Waals surface area contributed by atoms with Gasteiger partial charge in [0.05, 0.1) is 6.26 Å². The van der Waals surface area contributed by atoms with Crippen molar-refractivity contribution in [3.8, 4) is 11.3 Å². The molecule has 2 aliphatic rings. The van der Waals surface area contributed by atoms with Crippen molar-refractivity contribution in [3.05, 3.63) is 34.6 Å². The van der Waals surface area contributed by atoms with Crippen molar-refractivity contribution in [2.75, 3.05) is 0 Å². The molecule has 0 spiro atoms. The third-order valence-corrected chi connectivity index (χ3v) is 2.03. The molecule has 72 valence electrons. The minimum atomic E-state index is -0.590.